The third kappa shape index (κ3) is 4.36. The highest BCUT2D eigenvalue weighted by Gasteiger charge is 2.20. The van der Waals surface area contributed by atoms with Crippen LogP contribution in [0.25, 0.3) is 0 Å². The first-order chi connectivity index (χ1) is 9.74. The molecule has 2 aliphatic heterocycles. The molecule has 1 N–H and O–H groups in total. The number of hydrogen-bond donors (Lipinski definition) is 1. The van der Waals surface area contributed by atoms with E-state index in [1.54, 1.807) is 0 Å². The summed E-state index contributed by atoms with van der Waals surface area (Å²) in [6.07, 6.45) is 6.39. The molecule has 0 bridgehead atoms. The van der Waals surface area contributed by atoms with E-state index in [2.05, 4.69) is 28.9 Å². The maximum absolute atomic E-state index is 10.2. The van der Waals surface area contributed by atoms with Gasteiger partial charge in [-0.1, -0.05) is 6.92 Å². The van der Waals surface area contributed by atoms with Crippen molar-refractivity contribution in [3.8, 4) is 5.75 Å². The molecule has 2 fully saturated rings. The lowest BCUT2D eigenvalue weighted by Crippen LogP contribution is -2.33. The van der Waals surface area contributed by atoms with Gasteiger partial charge in [-0.15, -0.1) is 24.8 Å². The maximum Gasteiger partial charge on any atom is 0.139 e. The summed E-state index contributed by atoms with van der Waals surface area (Å²) in [5.74, 6) is 1.25. The van der Waals surface area contributed by atoms with Crippen LogP contribution in [0.2, 0.25) is 0 Å². The van der Waals surface area contributed by atoms with Crippen molar-refractivity contribution in [2.24, 2.45) is 5.92 Å². The Balaban J connectivity index is 0.00000121. The van der Waals surface area contributed by atoms with E-state index in [-0.39, 0.29) is 24.8 Å². The minimum Gasteiger partial charge on any atom is -0.506 e. The molecule has 3 nitrogen and oxygen atoms in total. The third-order valence-electron chi connectivity index (χ3n) is 4.80. The zero-order valence-corrected chi connectivity index (χ0v) is 15.0. The lowest BCUT2D eigenvalue weighted by Gasteiger charge is -2.34. The van der Waals surface area contributed by atoms with Crippen molar-refractivity contribution in [2.45, 2.75) is 39.0 Å². The summed E-state index contributed by atoms with van der Waals surface area (Å²) < 4.78 is 0. The van der Waals surface area contributed by atoms with Crippen molar-refractivity contribution in [3.05, 3.63) is 18.2 Å². The van der Waals surface area contributed by atoms with Crippen LogP contribution in [-0.2, 0) is 0 Å². The molecular formula is C17H28Cl2N2O. The van der Waals surface area contributed by atoms with E-state index in [0.29, 0.717) is 5.75 Å². The molecule has 1 aromatic rings. The number of piperidine rings is 2. The molecule has 5 heteroatoms. The van der Waals surface area contributed by atoms with E-state index in [1.165, 1.54) is 37.8 Å². The van der Waals surface area contributed by atoms with Crippen LogP contribution in [0.3, 0.4) is 0 Å². The summed E-state index contributed by atoms with van der Waals surface area (Å²) in [7, 11) is 0. The number of hydrogen-bond acceptors (Lipinski definition) is 3. The van der Waals surface area contributed by atoms with Crippen LogP contribution in [0.5, 0.6) is 5.75 Å². The molecule has 3 rings (SSSR count). The molecule has 0 aromatic heterocycles. The number of rotatable bonds is 2. The number of anilines is 2. The lowest BCUT2D eigenvalue weighted by molar-refractivity contribution is 0.428. The summed E-state index contributed by atoms with van der Waals surface area (Å²) in [5, 5.41) is 10.2. The summed E-state index contributed by atoms with van der Waals surface area (Å²) >= 11 is 0. The van der Waals surface area contributed by atoms with Crippen LogP contribution in [-0.4, -0.2) is 31.3 Å². The van der Waals surface area contributed by atoms with E-state index in [1.807, 2.05) is 6.07 Å². The SMILES string of the molecule is CC1CCN(c2cc(N3CCCCC3)ccc2O)CC1.Cl.Cl. The Labute approximate surface area is 146 Å². The van der Waals surface area contributed by atoms with E-state index in [0.717, 1.165) is 37.8 Å². The largest absolute Gasteiger partial charge is 0.506 e. The zero-order valence-electron chi connectivity index (χ0n) is 13.3. The van der Waals surface area contributed by atoms with E-state index in [9.17, 15) is 5.11 Å². The molecule has 0 amide bonds. The Hall–Kier alpha value is -0.800. The Morgan fingerprint density at radius 1 is 0.909 bits per heavy atom. The summed E-state index contributed by atoms with van der Waals surface area (Å²) in [6, 6.07) is 6.13. The van der Waals surface area contributed by atoms with Crippen molar-refractivity contribution in [1.29, 1.82) is 0 Å². The van der Waals surface area contributed by atoms with Gasteiger partial charge in [0.1, 0.15) is 5.75 Å². The third-order valence-corrected chi connectivity index (χ3v) is 4.80. The smallest absolute Gasteiger partial charge is 0.139 e. The van der Waals surface area contributed by atoms with Gasteiger partial charge in [0, 0.05) is 31.9 Å². The van der Waals surface area contributed by atoms with Crippen molar-refractivity contribution < 1.29 is 5.11 Å². The fourth-order valence-electron chi connectivity index (χ4n) is 3.36. The van der Waals surface area contributed by atoms with Crippen LogP contribution in [0.1, 0.15) is 39.0 Å². The number of aromatic hydroxyl groups is 1. The highest BCUT2D eigenvalue weighted by Crippen LogP contribution is 2.35. The number of phenols is 1. The van der Waals surface area contributed by atoms with Crippen molar-refractivity contribution >= 4 is 36.2 Å². The van der Waals surface area contributed by atoms with Gasteiger partial charge in [0.05, 0.1) is 5.69 Å². The van der Waals surface area contributed by atoms with Gasteiger partial charge in [-0.25, -0.2) is 0 Å². The standard InChI is InChI=1S/C17H26N2O.2ClH/c1-14-7-11-19(12-8-14)16-13-15(5-6-17(16)20)18-9-3-2-4-10-18;;/h5-6,13-14,20H,2-4,7-12H2,1H3;2*1H. The van der Waals surface area contributed by atoms with Crippen LogP contribution >= 0.6 is 24.8 Å². The number of nitrogens with zero attached hydrogens (tertiary/aromatic N) is 2. The molecule has 22 heavy (non-hydrogen) atoms. The molecule has 126 valence electrons. The van der Waals surface area contributed by atoms with Gasteiger partial charge in [0.2, 0.25) is 0 Å². The van der Waals surface area contributed by atoms with E-state index in [4.69, 9.17) is 0 Å². The number of benzene rings is 1. The van der Waals surface area contributed by atoms with Gasteiger partial charge in [0.25, 0.3) is 0 Å². The average Bonchev–Trinajstić information content (AvgIpc) is 2.50. The molecule has 2 aliphatic rings. The second kappa shape index (κ2) is 8.73. The van der Waals surface area contributed by atoms with Crippen molar-refractivity contribution in [3.63, 3.8) is 0 Å². The molecule has 0 atom stereocenters. The van der Waals surface area contributed by atoms with Crippen molar-refractivity contribution in [2.75, 3.05) is 36.0 Å². The van der Waals surface area contributed by atoms with Gasteiger partial charge < -0.3 is 14.9 Å². The Morgan fingerprint density at radius 3 is 2.18 bits per heavy atom. The first kappa shape index (κ1) is 19.2. The minimum absolute atomic E-state index is 0. The van der Waals surface area contributed by atoms with Gasteiger partial charge >= 0.3 is 0 Å². The molecule has 2 heterocycles. The second-order valence-corrected chi connectivity index (χ2v) is 6.39. The molecule has 0 radical (unpaired) electrons. The number of phenolic OH excluding ortho intramolecular Hbond substituents is 1. The fraction of sp³-hybridized carbons (Fsp3) is 0.647. The highest BCUT2D eigenvalue weighted by molar-refractivity contribution is 5.85. The van der Waals surface area contributed by atoms with Crippen LogP contribution in [0.15, 0.2) is 18.2 Å². The van der Waals surface area contributed by atoms with Crippen molar-refractivity contribution in [1.82, 2.24) is 0 Å². The quantitative estimate of drug-likeness (QED) is 0.856. The predicted molar refractivity (Wildman–Crippen MR) is 99.3 cm³/mol. The predicted octanol–water partition coefficient (Wildman–Crippen LogP) is 4.46. The molecule has 0 saturated carbocycles. The topological polar surface area (TPSA) is 26.7 Å². The average molecular weight is 347 g/mol. The monoisotopic (exact) mass is 346 g/mol. The molecule has 0 unspecified atom stereocenters. The molecule has 0 spiro atoms. The molecular weight excluding hydrogens is 319 g/mol. The zero-order chi connectivity index (χ0) is 13.9. The van der Waals surface area contributed by atoms with Crippen LogP contribution in [0, 0.1) is 5.92 Å². The van der Waals surface area contributed by atoms with E-state index < -0.39 is 0 Å². The second-order valence-electron chi connectivity index (χ2n) is 6.39. The van der Waals surface area contributed by atoms with Crippen LogP contribution < -0.4 is 9.80 Å². The summed E-state index contributed by atoms with van der Waals surface area (Å²) in [4.78, 5) is 4.81. The van der Waals surface area contributed by atoms with Gasteiger partial charge in [-0.3, -0.25) is 0 Å². The highest BCUT2D eigenvalue weighted by atomic mass is 35.5. The minimum atomic E-state index is 0. The maximum atomic E-state index is 10.2. The lowest BCUT2D eigenvalue weighted by atomic mass is 9.98. The van der Waals surface area contributed by atoms with Crippen LogP contribution in [0.4, 0.5) is 11.4 Å². The fourth-order valence-corrected chi connectivity index (χ4v) is 3.36. The first-order valence-electron chi connectivity index (χ1n) is 8.07. The van der Waals surface area contributed by atoms with E-state index >= 15 is 0 Å². The molecule has 0 aliphatic carbocycles. The van der Waals surface area contributed by atoms with Gasteiger partial charge in [-0.05, 0) is 56.2 Å². The molecule has 2 saturated heterocycles. The normalized spacial score (nSPS) is 19.3. The van der Waals surface area contributed by atoms with Gasteiger partial charge in [-0.2, -0.15) is 0 Å². The summed E-state index contributed by atoms with van der Waals surface area (Å²) in [5.41, 5.74) is 2.30. The number of halogens is 2. The van der Waals surface area contributed by atoms with Gasteiger partial charge in [0.15, 0.2) is 0 Å². The Bertz CT molecular complexity index is 456. The first-order valence-corrected chi connectivity index (χ1v) is 8.07. The molecule has 1 aromatic carbocycles. The Kier molecular flexibility index (Phi) is 7.64. The summed E-state index contributed by atoms with van der Waals surface area (Å²) in [6.45, 7) is 6.76. The Morgan fingerprint density at radius 2 is 1.55 bits per heavy atom.